The molecule has 1 atom stereocenters. The molecular formula is C17H13ClFNO5S. The zero-order valence-corrected chi connectivity index (χ0v) is 14.7. The Morgan fingerprint density at radius 3 is 2.62 bits per heavy atom. The normalized spacial score (nSPS) is 20.7. The summed E-state index contributed by atoms with van der Waals surface area (Å²) in [5.74, 6) is -3.87. The summed E-state index contributed by atoms with van der Waals surface area (Å²) in [6.45, 7) is 0. The van der Waals surface area contributed by atoms with Crippen LogP contribution >= 0.6 is 11.6 Å². The Kier molecular flexibility index (Phi) is 4.52. The molecule has 136 valence electrons. The third kappa shape index (κ3) is 3.81. The Labute approximate surface area is 155 Å². The van der Waals surface area contributed by atoms with Gasteiger partial charge in [0.1, 0.15) is 11.6 Å². The Morgan fingerprint density at radius 2 is 1.96 bits per heavy atom. The smallest absolute Gasteiger partial charge is 0.313 e. The number of Topliss-reactive ketones (excluding diaryl/α,β-unsaturated/α-hetero) is 1. The lowest BCUT2D eigenvalue weighted by atomic mass is 10.1. The first kappa shape index (κ1) is 16.9. The standard InChI is InChI=1S/C17H13ClFNO5S/c18-12-8-11(6-7-13(12)19)15-14(21)16(17(20)24-15)25-26(22,23)9-10-4-2-1-3-5-10/h1-8,15H,9,20H2/t15-/m0/s1/i15D. The molecular weight excluding hydrogens is 385 g/mol. The van der Waals surface area contributed by atoms with Crippen LogP contribution in [0.25, 0.3) is 0 Å². The Hall–Kier alpha value is -2.58. The maximum absolute atomic E-state index is 13.3. The fourth-order valence-electron chi connectivity index (χ4n) is 2.26. The number of nitrogens with two attached hydrogens (primary N) is 1. The van der Waals surface area contributed by atoms with E-state index in [2.05, 4.69) is 0 Å². The molecule has 0 amide bonds. The molecule has 2 N–H and O–H groups in total. The monoisotopic (exact) mass is 398 g/mol. The molecule has 0 aliphatic carbocycles. The number of ether oxygens (including phenoxy) is 1. The van der Waals surface area contributed by atoms with E-state index in [1.54, 1.807) is 30.3 Å². The Morgan fingerprint density at radius 1 is 1.27 bits per heavy atom. The van der Waals surface area contributed by atoms with Crippen molar-refractivity contribution in [3.05, 3.63) is 82.1 Å². The summed E-state index contributed by atoms with van der Waals surface area (Å²) in [5, 5.41) is -0.333. The molecule has 0 unspecified atom stereocenters. The van der Waals surface area contributed by atoms with Crippen molar-refractivity contribution in [3.8, 4) is 0 Å². The summed E-state index contributed by atoms with van der Waals surface area (Å²) in [4.78, 5) is 12.6. The van der Waals surface area contributed by atoms with Crippen LogP contribution in [0.1, 0.15) is 18.6 Å². The maximum Gasteiger partial charge on any atom is 0.313 e. The zero-order valence-electron chi connectivity index (χ0n) is 14.1. The van der Waals surface area contributed by atoms with Gasteiger partial charge in [-0.25, -0.2) is 4.39 Å². The fraction of sp³-hybridized carbons (Fsp3) is 0.118. The average molecular weight is 399 g/mol. The van der Waals surface area contributed by atoms with Crippen molar-refractivity contribution in [1.82, 2.24) is 0 Å². The van der Waals surface area contributed by atoms with Crippen LogP contribution < -0.4 is 5.73 Å². The number of carbonyl (C=O) groups is 1. The van der Waals surface area contributed by atoms with Crippen LogP contribution in [0.2, 0.25) is 5.02 Å². The van der Waals surface area contributed by atoms with Crippen molar-refractivity contribution < 1.29 is 27.9 Å². The molecule has 0 radical (unpaired) electrons. The first-order chi connectivity index (χ1) is 12.6. The lowest BCUT2D eigenvalue weighted by Gasteiger charge is -2.10. The zero-order chi connectivity index (χ0) is 19.8. The van der Waals surface area contributed by atoms with E-state index in [4.69, 9.17) is 27.6 Å². The fourth-order valence-corrected chi connectivity index (χ4v) is 3.51. The van der Waals surface area contributed by atoms with Gasteiger partial charge in [0.05, 0.1) is 6.39 Å². The van der Waals surface area contributed by atoms with Crippen molar-refractivity contribution in [2.24, 2.45) is 5.73 Å². The highest BCUT2D eigenvalue weighted by Crippen LogP contribution is 2.34. The number of rotatable bonds is 5. The summed E-state index contributed by atoms with van der Waals surface area (Å²) in [6.07, 6.45) is -2.43. The van der Waals surface area contributed by atoms with Gasteiger partial charge in [0, 0.05) is 5.56 Å². The predicted octanol–water partition coefficient (Wildman–Crippen LogP) is 2.79. The van der Waals surface area contributed by atoms with E-state index in [-0.39, 0.29) is 10.6 Å². The summed E-state index contributed by atoms with van der Waals surface area (Å²) >= 11 is 5.67. The van der Waals surface area contributed by atoms with Crippen LogP contribution in [0, 0.1) is 5.82 Å². The number of ketones is 1. The van der Waals surface area contributed by atoms with E-state index in [9.17, 15) is 17.6 Å². The number of benzene rings is 2. The maximum atomic E-state index is 13.3. The molecule has 0 spiro atoms. The van der Waals surface area contributed by atoms with Crippen LogP contribution in [-0.2, 0) is 29.6 Å². The van der Waals surface area contributed by atoms with Gasteiger partial charge in [-0.05, 0) is 17.7 Å². The first-order valence-electron chi connectivity index (χ1n) is 7.77. The molecule has 1 heterocycles. The Balaban J connectivity index is 1.86. The molecule has 1 aliphatic heterocycles. The lowest BCUT2D eigenvalue weighted by molar-refractivity contribution is -0.123. The van der Waals surface area contributed by atoms with Gasteiger partial charge in [0.25, 0.3) is 0 Å². The molecule has 26 heavy (non-hydrogen) atoms. The second-order valence-electron chi connectivity index (χ2n) is 5.35. The van der Waals surface area contributed by atoms with Crippen LogP contribution in [0.15, 0.2) is 60.2 Å². The quantitative estimate of drug-likeness (QED) is 0.778. The molecule has 3 rings (SSSR count). The van der Waals surface area contributed by atoms with E-state index in [1.165, 1.54) is 0 Å². The van der Waals surface area contributed by atoms with Crippen LogP contribution in [-0.4, -0.2) is 14.2 Å². The van der Waals surface area contributed by atoms with Gasteiger partial charge >= 0.3 is 10.1 Å². The largest absolute Gasteiger partial charge is 0.460 e. The summed E-state index contributed by atoms with van der Waals surface area (Å²) in [6, 6.07) is 11.2. The second-order valence-corrected chi connectivity index (χ2v) is 7.33. The molecule has 0 fully saturated rings. The predicted molar refractivity (Wildman–Crippen MR) is 91.6 cm³/mol. The van der Waals surface area contributed by atoms with Crippen LogP contribution in [0.5, 0.6) is 0 Å². The number of hydrogen-bond donors (Lipinski definition) is 1. The van der Waals surface area contributed by atoms with Gasteiger partial charge in [-0.15, -0.1) is 0 Å². The third-order valence-corrected chi connectivity index (χ3v) is 4.82. The molecule has 0 bridgehead atoms. The highest BCUT2D eigenvalue weighted by atomic mass is 35.5. The van der Waals surface area contributed by atoms with Gasteiger partial charge < -0.3 is 14.7 Å². The summed E-state index contributed by atoms with van der Waals surface area (Å²) < 4.78 is 55.9. The van der Waals surface area contributed by atoms with Crippen LogP contribution in [0.4, 0.5) is 4.39 Å². The van der Waals surface area contributed by atoms with E-state index in [0.717, 1.165) is 18.2 Å². The number of carbonyl (C=O) groups excluding carboxylic acids is 1. The molecule has 0 saturated heterocycles. The van der Waals surface area contributed by atoms with Crippen molar-refractivity contribution in [2.45, 2.75) is 11.8 Å². The van der Waals surface area contributed by atoms with E-state index in [0.29, 0.717) is 5.56 Å². The minimum atomic E-state index is -4.24. The summed E-state index contributed by atoms with van der Waals surface area (Å²) in [5.41, 5.74) is 5.88. The minimum absolute atomic E-state index is 0.124. The molecule has 9 heteroatoms. The molecule has 1 aliphatic rings. The van der Waals surface area contributed by atoms with E-state index in [1.807, 2.05) is 0 Å². The van der Waals surface area contributed by atoms with E-state index >= 15 is 0 Å². The highest BCUT2D eigenvalue weighted by molar-refractivity contribution is 7.86. The van der Waals surface area contributed by atoms with Gasteiger partial charge in [-0.2, -0.15) is 8.42 Å². The highest BCUT2D eigenvalue weighted by Gasteiger charge is 2.39. The Bertz CT molecular complexity index is 1040. The summed E-state index contributed by atoms with van der Waals surface area (Å²) in [7, 11) is -4.24. The molecule has 6 nitrogen and oxygen atoms in total. The molecule has 2 aromatic rings. The van der Waals surface area contributed by atoms with Crippen molar-refractivity contribution >= 4 is 27.5 Å². The third-order valence-electron chi connectivity index (χ3n) is 3.43. The average Bonchev–Trinajstić information content (AvgIpc) is 2.81. The second kappa shape index (κ2) is 6.97. The van der Waals surface area contributed by atoms with Gasteiger partial charge in [-0.3, -0.25) is 4.79 Å². The molecule has 2 aromatic carbocycles. The van der Waals surface area contributed by atoms with Gasteiger partial charge in [0.2, 0.25) is 17.4 Å². The van der Waals surface area contributed by atoms with Crippen molar-refractivity contribution in [1.29, 1.82) is 0 Å². The first-order valence-corrected chi connectivity index (χ1v) is 9.23. The minimum Gasteiger partial charge on any atom is -0.460 e. The van der Waals surface area contributed by atoms with Gasteiger partial charge in [-0.1, -0.05) is 48.0 Å². The van der Waals surface area contributed by atoms with E-state index < -0.39 is 45.2 Å². The van der Waals surface area contributed by atoms with Crippen molar-refractivity contribution in [3.63, 3.8) is 0 Å². The molecule has 0 aromatic heterocycles. The van der Waals surface area contributed by atoms with Crippen LogP contribution in [0.3, 0.4) is 0 Å². The SMILES string of the molecule is [2H][C@@]1(c2ccc(F)c(Cl)c2)OC(N)=C(OS(=O)(=O)Cc2ccccc2)C1=O. The number of halogens is 2. The van der Waals surface area contributed by atoms with Crippen molar-refractivity contribution in [2.75, 3.05) is 0 Å². The number of hydrogen-bond acceptors (Lipinski definition) is 6. The lowest BCUT2D eigenvalue weighted by Crippen LogP contribution is -2.16. The molecule has 0 saturated carbocycles. The topological polar surface area (TPSA) is 95.7 Å². The van der Waals surface area contributed by atoms with Gasteiger partial charge in [0.15, 0.2) is 6.08 Å².